The van der Waals surface area contributed by atoms with Crippen molar-refractivity contribution in [1.29, 1.82) is 0 Å². The van der Waals surface area contributed by atoms with Crippen molar-refractivity contribution in [2.75, 3.05) is 5.73 Å². The van der Waals surface area contributed by atoms with Crippen LogP contribution in [0.3, 0.4) is 0 Å². The maximum atomic E-state index is 13.1. The number of aryl methyl sites for hydroxylation is 1. The second kappa shape index (κ2) is 4.51. The number of anilines is 1. The number of aromatic nitrogens is 2. The number of rotatable bonds is 1. The van der Waals surface area contributed by atoms with Gasteiger partial charge in [0.1, 0.15) is 17.2 Å². The van der Waals surface area contributed by atoms with E-state index >= 15 is 0 Å². The summed E-state index contributed by atoms with van der Waals surface area (Å²) in [4.78, 5) is 4.26. The Labute approximate surface area is 118 Å². The van der Waals surface area contributed by atoms with E-state index in [9.17, 15) is 13.2 Å². The van der Waals surface area contributed by atoms with Crippen LogP contribution in [0.15, 0.2) is 42.6 Å². The summed E-state index contributed by atoms with van der Waals surface area (Å²) < 4.78 is 40.9. The van der Waals surface area contributed by atoms with Gasteiger partial charge in [-0.1, -0.05) is 18.2 Å². The maximum absolute atomic E-state index is 13.1. The first-order chi connectivity index (χ1) is 9.88. The largest absolute Gasteiger partial charge is 0.417 e. The van der Waals surface area contributed by atoms with Gasteiger partial charge in [-0.2, -0.15) is 13.2 Å². The van der Waals surface area contributed by atoms with Crippen LogP contribution in [0.5, 0.6) is 0 Å². The van der Waals surface area contributed by atoms with Gasteiger partial charge in [-0.05, 0) is 30.7 Å². The van der Waals surface area contributed by atoms with Gasteiger partial charge < -0.3 is 5.73 Å². The molecule has 0 radical (unpaired) electrons. The van der Waals surface area contributed by atoms with Crippen LogP contribution in [0.2, 0.25) is 0 Å². The summed E-state index contributed by atoms with van der Waals surface area (Å²) in [7, 11) is 0. The fourth-order valence-corrected chi connectivity index (χ4v) is 2.30. The van der Waals surface area contributed by atoms with Crippen LogP contribution in [-0.2, 0) is 6.18 Å². The second-order valence-corrected chi connectivity index (χ2v) is 4.82. The van der Waals surface area contributed by atoms with Crippen molar-refractivity contribution in [3.63, 3.8) is 0 Å². The summed E-state index contributed by atoms with van der Waals surface area (Å²) in [5, 5.41) is 0. The van der Waals surface area contributed by atoms with Gasteiger partial charge in [0.2, 0.25) is 0 Å². The molecule has 0 saturated heterocycles. The molecule has 0 aliphatic carbocycles. The summed E-state index contributed by atoms with van der Waals surface area (Å²) in [6.07, 6.45) is -2.75. The zero-order valence-electron chi connectivity index (χ0n) is 11.1. The first-order valence-corrected chi connectivity index (χ1v) is 6.28. The fourth-order valence-electron chi connectivity index (χ4n) is 2.30. The number of imidazole rings is 1. The lowest BCUT2D eigenvalue weighted by Crippen LogP contribution is -2.07. The summed E-state index contributed by atoms with van der Waals surface area (Å²) in [5.74, 6) is 0.196. The number of benzene rings is 1. The highest BCUT2D eigenvalue weighted by Crippen LogP contribution is 2.38. The van der Waals surface area contributed by atoms with E-state index in [0.29, 0.717) is 5.65 Å². The molecular formula is C15H12F3N3. The van der Waals surface area contributed by atoms with Crippen molar-refractivity contribution in [2.45, 2.75) is 13.1 Å². The Bertz CT molecular complexity index is 819. The van der Waals surface area contributed by atoms with Gasteiger partial charge >= 0.3 is 6.18 Å². The second-order valence-electron chi connectivity index (χ2n) is 4.82. The standard InChI is InChI=1S/C15H12F3N3/c1-9-6-7-21-12(8-9)20-13(14(21)19)10-4-2-3-5-11(10)15(16,17)18/h2-8H,19H2,1H3. The number of halogens is 3. The molecule has 0 aliphatic heterocycles. The summed E-state index contributed by atoms with van der Waals surface area (Å²) in [5.41, 5.74) is 6.85. The third kappa shape index (κ3) is 2.22. The molecule has 2 aromatic heterocycles. The van der Waals surface area contributed by atoms with Crippen molar-refractivity contribution in [2.24, 2.45) is 0 Å². The van der Waals surface area contributed by atoms with Crippen LogP contribution >= 0.6 is 0 Å². The van der Waals surface area contributed by atoms with Crippen molar-refractivity contribution in [3.8, 4) is 11.3 Å². The molecule has 0 aliphatic rings. The minimum atomic E-state index is -4.45. The normalized spacial score (nSPS) is 12.0. The molecular weight excluding hydrogens is 279 g/mol. The van der Waals surface area contributed by atoms with Gasteiger partial charge in [0.15, 0.2) is 0 Å². The molecule has 1 aromatic carbocycles. The average Bonchev–Trinajstić information content (AvgIpc) is 2.74. The Kier molecular flexibility index (Phi) is 2.90. The smallest absolute Gasteiger partial charge is 0.383 e. The van der Waals surface area contributed by atoms with Crippen molar-refractivity contribution in [1.82, 2.24) is 9.38 Å². The third-order valence-electron chi connectivity index (χ3n) is 3.31. The van der Waals surface area contributed by atoms with Crippen LogP contribution in [-0.4, -0.2) is 9.38 Å². The molecule has 2 N–H and O–H groups in total. The number of nitrogen functional groups attached to an aromatic ring is 1. The van der Waals surface area contributed by atoms with Gasteiger partial charge in [-0.25, -0.2) is 4.98 Å². The Balaban J connectivity index is 2.29. The molecule has 21 heavy (non-hydrogen) atoms. The lowest BCUT2D eigenvalue weighted by atomic mass is 10.0. The minimum absolute atomic E-state index is 0.0103. The highest BCUT2D eigenvalue weighted by Gasteiger charge is 2.34. The number of alkyl halides is 3. The van der Waals surface area contributed by atoms with Crippen LogP contribution < -0.4 is 5.73 Å². The Morgan fingerprint density at radius 2 is 1.86 bits per heavy atom. The van der Waals surface area contributed by atoms with Crippen molar-refractivity contribution < 1.29 is 13.2 Å². The van der Waals surface area contributed by atoms with Gasteiger partial charge in [0.05, 0.1) is 5.56 Å². The predicted octanol–water partition coefficient (Wildman–Crippen LogP) is 3.91. The van der Waals surface area contributed by atoms with Crippen LogP contribution in [0, 0.1) is 6.92 Å². The number of pyridine rings is 1. The van der Waals surface area contributed by atoms with Gasteiger partial charge in [-0.3, -0.25) is 4.40 Å². The summed E-state index contributed by atoms with van der Waals surface area (Å²) in [6.45, 7) is 1.88. The molecule has 0 amide bonds. The molecule has 0 bridgehead atoms. The van der Waals surface area contributed by atoms with Crippen LogP contribution in [0.1, 0.15) is 11.1 Å². The SMILES string of the molecule is Cc1ccn2c(N)c(-c3ccccc3C(F)(F)F)nc2c1. The number of hydrogen-bond acceptors (Lipinski definition) is 2. The molecule has 0 unspecified atom stereocenters. The van der Waals surface area contributed by atoms with E-state index < -0.39 is 11.7 Å². The van der Waals surface area contributed by atoms with E-state index in [4.69, 9.17) is 5.73 Å². The van der Waals surface area contributed by atoms with E-state index in [1.165, 1.54) is 12.1 Å². The number of nitrogens with two attached hydrogens (primary N) is 1. The molecule has 0 saturated carbocycles. The highest BCUT2D eigenvalue weighted by molar-refractivity contribution is 5.77. The number of nitrogens with zero attached hydrogens (tertiary/aromatic N) is 2. The molecule has 6 heteroatoms. The number of hydrogen-bond donors (Lipinski definition) is 1. The van der Waals surface area contributed by atoms with Crippen molar-refractivity contribution >= 4 is 11.5 Å². The summed E-state index contributed by atoms with van der Waals surface area (Å²) >= 11 is 0. The third-order valence-corrected chi connectivity index (χ3v) is 3.31. The topological polar surface area (TPSA) is 43.3 Å². The Morgan fingerprint density at radius 1 is 1.14 bits per heavy atom. The monoisotopic (exact) mass is 291 g/mol. The Morgan fingerprint density at radius 3 is 2.57 bits per heavy atom. The van der Waals surface area contributed by atoms with Gasteiger partial charge in [-0.15, -0.1) is 0 Å². The molecule has 0 atom stereocenters. The van der Waals surface area contributed by atoms with E-state index in [-0.39, 0.29) is 17.1 Å². The summed E-state index contributed by atoms with van der Waals surface area (Å²) in [6, 6.07) is 8.90. The first kappa shape index (κ1) is 13.5. The maximum Gasteiger partial charge on any atom is 0.417 e. The molecule has 2 heterocycles. The quantitative estimate of drug-likeness (QED) is 0.738. The van der Waals surface area contributed by atoms with E-state index in [1.807, 2.05) is 13.0 Å². The Hall–Kier alpha value is -2.50. The highest BCUT2D eigenvalue weighted by atomic mass is 19.4. The van der Waals surface area contributed by atoms with Crippen LogP contribution in [0.25, 0.3) is 16.9 Å². The van der Waals surface area contributed by atoms with E-state index in [0.717, 1.165) is 11.6 Å². The molecule has 3 nitrogen and oxygen atoms in total. The fraction of sp³-hybridized carbons (Fsp3) is 0.133. The van der Waals surface area contributed by atoms with Crippen molar-refractivity contribution in [3.05, 3.63) is 53.7 Å². The zero-order chi connectivity index (χ0) is 15.2. The van der Waals surface area contributed by atoms with Gasteiger partial charge in [0.25, 0.3) is 0 Å². The lowest BCUT2D eigenvalue weighted by Gasteiger charge is -2.11. The predicted molar refractivity (Wildman–Crippen MR) is 74.8 cm³/mol. The van der Waals surface area contributed by atoms with E-state index in [1.54, 1.807) is 22.7 Å². The molecule has 108 valence electrons. The lowest BCUT2D eigenvalue weighted by molar-refractivity contribution is -0.137. The zero-order valence-corrected chi connectivity index (χ0v) is 11.1. The molecule has 3 aromatic rings. The number of fused-ring (bicyclic) bond motifs is 1. The molecule has 3 rings (SSSR count). The molecule has 0 fully saturated rings. The minimum Gasteiger partial charge on any atom is -0.383 e. The first-order valence-electron chi connectivity index (χ1n) is 6.28. The van der Waals surface area contributed by atoms with E-state index in [2.05, 4.69) is 4.98 Å². The van der Waals surface area contributed by atoms with Crippen LogP contribution in [0.4, 0.5) is 19.0 Å². The van der Waals surface area contributed by atoms with Gasteiger partial charge in [0, 0.05) is 11.8 Å². The average molecular weight is 291 g/mol. The molecule has 0 spiro atoms.